The maximum atomic E-state index is 13.4. The first kappa shape index (κ1) is 11.3. The molecule has 4 heteroatoms. The minimum atomic E-state index is -4.25. The molecule has 4 aliphatic carbocycles. The molecule has 0 aliphatic heterocycles. The Balaban J connectivity index is 1.75. The smallest absolute Gasteiger partial charge is 0.395 e. The Morgan fingerprint density at radius 3 is 2.39 bits per heavy atom. The van der Waals surface area contributed by atoms with Gasteiger partial charge < -0.3 is 5.11 Å². The van der Waals surface area contributed by atoms with Crippen LogP contribution in [-0.4, -0.2) is 17.9 Å². The van der Waals surface area contributed by atoms with Gasteiger partial charge in [0.15, 0.2) is 0 Å². The Kier molecular flexibility index (Phi) is 1.98. The SMILES string of the molecule is OCC1(C(F)(F)F)CC2CC1C1C3C=CC(C3)C21. The van der Waals surface area contributed by atoms with Gasteiger partial charge in [-0.1, -0.05) is 12.2 Å². The number of rotatable bonds is 1. The van der Waals surface area contributed by atoms with Gasteiger partial charge in [0.05, 0.1) is 12.0 Å². The molecule has 0 aromatic carbocycles. The van der Waals surface area contributed by atoms with Crippen LogP contribution in [0.5, 0.6) is 0 Å². The highest BCUT2D eigenvalue weighted by molar-refractivity contribution is 5.23. The summed E-state index contributed by atoms with van der Waals surface area (Å²) in [6.07, 6.45) is 2.01. The quantitative estimate of drug-likeness (QED) is 0.566. The molecule has 0 saturated heterocycles. The van der Waals surface area contributed by atoms with Crippen molar-refractivity contribution >= 4 is 0 Å². The monoisotopic (exact) mass is 258 g/mol. The molecule has 0 spiro atoms. The van der Waals surface area contributed by atoms with Gasteiger partial charge in [-0.3, -0.25) is 0 Å². The molecule has 4 bridgehead atoms. The number of aliphatic hydroxyl groups excluding tert-OH is 1. The molecule has 7 unspecified atom stereocenters. The van der Waals surface area contributed by atoms with Crippen molar-refractivity contribution in [2.24, 2.45) is 40.9 Å². The largest absolute Gasteiger partial charge is 0.396 e. The fourth-order valence-electron chi connectivity index (χ4n) is 5.80. The van der Waals surface area contributed by atoms with E-state index >= 15 is 0 Å². The fraction of sp³-hybridized carbons (Fsp3) is 0.857. The van der Waals surface area contributed by atoms with Crippen molar-refractivity contribution in [2.75, 3.05) is 6.61 Å². The molecule has 0 aromatic heterocycles. The standard InChI is InChI=1S/C14H17F3O/c15-14(16,17)13(6-18)5-9-4-10(13)12-8-2-1-7(3-8)11(9)12/h1-2,7-12,18H,3-6H2. The van der Waals surface area contributed by atoms with Crippen molar-refractivity contribution in [1.29, 1.82) is 0 Å². The Labute approximate surface area is 104 Å². The van der Waals surface area contributed by atoms with E-state index in [1.54, 1.807) is 0 Å². The third kappa shape index (κ3) is 1.06. The van der Waals surface area contributed by atoms with Crippen LogP contribution in [0.25, 0.3) is 0 Å². The van der Waals surface area contributed by atoms with Crippen LogP contribution in [0.4, 0.5) is 13.2 Å². The van der Waals surface area contributed by atoms with Crippen LogP contribution in [0.3, 0.4) is 0 Å². The number of alkyl halides is 3. The predicted octanol–water partition coefficient (Wildman–Crippen LogP) is 3.01. The Morgan fingerprint density at radius 2 is 1.78 bits per heavy atom. The van der Waals surface area contributed by atoms with E-state index in [4.69, 9.17) is 0 Å². The van der Waals surface area contributed by atoms with E-state index < -0.39 is 18.2 Å². The maximum absolute atomic E-state index is 13.4. The van der Waals surface area contributed by atoms with Gasteiger partial charge in [-0.05, 0) is 54.8 Å². The van der Waals surface area contributed by atoms with E-state index in [2.05, 4.69) is 12.2 Å². The fourth-order valence-corrected chi connectivity index (χ4v) is 5.80. The summed E-state index contributed by atoms with van der Waals surface area (Å²) in [5.74, 6) is 1.40. The molecular weight excluding hydrogens is 241 g/mol. The molecule has 0 amide bonds. The topological polar surface area (TPSA) is 20.2 Å². The van der Waals surface area contributed by atoms with E-state index in [0.717, 1.165) is 6.42 Å². The minimum Gasteiger partial charge on any atom is -0.395 e. The van der Waals surface area contributed by atoms with E-state index in [1.165, 1.54) is 0 Å². The summed E-state index contributed by atoms with van der Waals surface area (Å²) >= 11 is 0. The molecule has 0 aromatic rings. The lowest BCUT2D eigenvalue weighted by Crippen LogP contribution is -2.50. The zero-order chi connectivity index (χ0) is 12.7. The number of hydrogen-bond donors (Lipinski definition) is 1. The van der Waals surface area contributed by atoms with Crippen LogP contribution in [0.15, 0.2) is 12.2 Å². The highest BCUT2D eigenvalue weighted by Gasteiger charge is 2.72. The van der Waals surface area contributed by atoms with E-state index in [9.17, 15) is 18.3 Å². The van der Waals surface area contributed by atoms with Gasteiger partial charge in [-0.2, -0.15) is 13.2 Å². The van der Waals surface area contributed by atoms with Crippen LogP contribution >= 0.6 is 0 Å². The van der Waals surface area contributed by atoms with Gasteiger partial charge in [-0.25, -0.2) is 0 Å². The van der Waals surface area contributed by atoms with Crippen molar-refractivity contribution in [2.45, 2.75) is 25.4 Å². The molecular formula is C14H17F3O. The maximum Gasteiger partial charge on any atom is 0.396 e. The molecule has 0 radical (unpaired) electrons. The summed E-state index contributed by atoms with van der Waals surface area (Å²) in [4.78, 5) is 0. The summed E-state index contributed by atoms with van der Waals surface area (Å²) in [5.41, 5.74) is -1.79. The number of fused-ring (bicyclic) bond motifs is 9. The average Bonchev–Trinajstić information content (AvgIpc) is 3.04. The third-order valence-corrected chi connectivity index (χ3v) is 6.33. The normalized spacial score (nSPS) is 56.4. The molecule has 4 rings (SSSR count). The molecule has 4 aliphatic rings. The van der Waals surface area contributed by atoms with Crippen molar-refractivity contribution in [3.8, 4) is 0 Å². The predicted molar refractivity (Wildman–Crippen MR) is 59.5 cm³/mol. The summed E-state index contributed by atoms with van der Waals surface area (Å²) in [5, 5.41) is 9.43. The molecule has 100 valence electrons. The second kappa shape index (κ2) is 3.14. The zero-order valence-corrected chi connectivity index (χ0v) is 10.0. The second-order valence-corrected chi connectivity index (χ2v) is 6.72. The Hall–Kier alpha value is -0.510. The van der Waals surface area contributed by atoms with E-state index in [-0.39, 0.29) is 24.2 Å². The highest BCUT2D eigenvalue weighted by Crippen LogP contribution is 2.73. The van der Waals surface area contributed by atoms with Gasteiger partial charge in [-0.15, -0.1) is 0 Å². The molecule has 1 N–H and O–H groups in total. The van der Waals surface area contributed by atoms with Gasteiger partial charge in [0, 0.05) is 0 Å². The average molecular weight is 258 g/mol. The summed E-state index contributed by atoms with van der Waals surface area (Å²) in [6, 6.07) is 0. The minimum absolute atomic E-state index is 0.163. The first-order valence-electron chi connectivity index (χ1n) is 6.84. The first-order chi connectivity index (χ1) is 8.48. The number of hydrogen-bond acceptors (Lipinski definition) is 1. The zero-order valence-electron chi connectivity index (χ0n) is 10.0. The van der Waals surface area contributed by atoms with Crippen molar-refractivity contribution in [1.82, 2.24) is 0 Å². The lowest BCUT2D eigenvalue weighted by atomic mass is 9.62. The van der Waals surface area contributed by atoms with Crippen molar-refractivity contribution in [3.05, 3.63) is 12.2 Å². The molecule has 3 saturated carbocycles. The lowest BCUT2D eigenvalue weighted by Gasteiger charge is -2.45. The van der Waals surface area contributed by atoms with Gasteiger partial charge >= 0.3 is 6.18 Å². The summed E-state index contributed by atoms with van der Waals surface area (Å²) in [6.45, 7) is -0.720. The first-order valence-corrected chi connectivity index (χ1v) is 6.84. The molecule has 3 fully saturated rings. The highest BCUT2D eigenvalue weighted by atomic mass is 19.4. The van der Waals surface area contributed by atoms with Gasteiger partial charge in [0.25, 0.3) is 0 Å². The van der Waals surface area contributed by atoms with Crippen LogP contribution in [0.1, 0.15) is 19.3 Å². The molecule has 0 heterocycles. The van der Waals surface area contributed by atoms with Crippen LogP contribution in [0.2, 0.25) is 0 Å². The van der Waals surface area contributed by atoms with Gasteiger partial charge in [0.1, 0.15) is 0 Å². The van der Waals surface area contributed by atoms with Crippen LogP contribution < -0.4 is 0 Å². The summed E-state index contributed by atoms with van der Waals surface area (Å²) < 4.78 is 40.2. The Morgan fingerprint density at radius 1 is 1.11 bits per heavy atom. The number of halogens is 3. The van der Waals surface area contributed by atoms with E-state index in [1.807, 2.05) is 0 Å². The second-order valence-electron chi connectivity index (χ2n) is 6.72. The summed E-state index contributed by atoms with van der Waals surface area (Å²) in [7, 11) is 0. The van der Waals surface area contributed by atoms with Crippen molar-refractivity contribution in [3.63, 3.8) is 0 Å². The lowest BCUT2D eigenvalue weighted by molar-refractivity contribution is -0.262. The molecule has 1 nitrogen and oxygen atoms in total. The van der Waals surface area contributed by atoms with Crippen LogP contribution in [-0.2, 0) is 0 Å². The molecule has 7 atom stereocenters. The number of aliphatic hydroxyl groups is 1. The van der Waals surface area contributed by atoms with Gasteiger partial charge in [0.2, 0.25) is 0 Å². The van der Waals surface area contributed by atoms with Crippen molar-refractivity contribution < 1.29 is 18.3 Å². The van der Waals surface area contributed by atoms with E-state index in [0.29, 0.717) is 24.2 Å². The molecule has 18 heavy (non-hydrogen) atoms. The Bertz CT molecular complexity index is 416. The third-order valence-electron chi connectivity index (χ3n) is 6.33. The number of allylic oxidation sites excluding steroid dienone is 2. The van der Waals surface area contributed by atoms with Crippen LogP contribution in [0, 0.1) is 40.9 Å².